The topological polar surface area (TPSA) is 55.1 Å². The molecule has 0 spiro atoms. The van der Waals surface area contributed by atoms with Crippen molar-refractivity contribution in [2.75, 3.05) is 0 Å². The minimum atomic E-state index is -0.306. The lowest BCUT2D eigenvalue weighted by molar-refractivity contribution is -0.116. The molecule has 2 aromatic carbocycles. The van der Waals surface area contributed by atoms with Crippen LogP contribution in [0.3, 0.4) is 0 Å². The summed E-state index contributed by atoms with van der Waals surface area (Å²) >= 11 is 0. The molecule has 25 heavy (non-hydrogen) atoms. The Morgan fingerprint density at radius 1 is 1.16 bits per heavy atom. The van der Waals surface area contributed by atoms with Crippen LogP contribution >= 0.6 is 0 Å². The summed E-state index contributed by atoms with van der Waals surface area (Å²) in [5.41, 5.74) is 2.47. The van der Waals surface area contributed by atoms with Crippen molar-refractivity contribution in [3.8, 4) is 11.3 Å². The van der Waals surface area contributed by atoms with Crippen LogP contribution in [0.5, 0.6) is 0 Å². The lowest BCUT2D eigenvalue weighted by Gasteiger charge is -2.03. The maximum Gasteiger partial charge on any atom is 0.244 e. The van der Waals surface area contributed by atoms with Gasteiger partial charge in [-0.2, -0.15) is 0 Å². The van der Waals surface area contributed by atoms with Gasteiger partial charge in [0.2, 0.25) is 11.8 Å². The average molecular weight is 336 g/mol. The van der Waals surface area contributed by atoms with E-state index in [1.807, 2.05) is 30.3 Å². The van der Waals surface area contributed by atoms with E-state index in [2.05, 4.69) is 10.3 Å². The molecule has 0 fully saturated rings. The molecule has 0 radical (unpaired) electrons. The number of allylic oxidation sites excluding steroid dienone is 1. The van der Waals surface area contributed by atoms with Gasteiger partial charge in [0.15, 0.2) is 5.76 Å². The van der Waals surface area contributed by atoms with E-state index < -0.39 is 0 Å². The van der Waals surface area contributed by atoms with Gasteiger partial charge in [0, 0.05) is 11.6 Å². The molecule has 126 valence electrons. The number of nitrogens with one attached hydrogen (secondary N) is 1. The van der Waals surface area contributed by atoms with Gasteiger partial charge in [-0.1, -0.05) is 42.5 Å². The van der Waals surface area contributed by atoms with Crippen LogP contribution in [0.25, 0.3) is 16.9 Å². The molecular formula is C20H17FN2O2. The summed E-state index contributed by atoms with van der Waals surface area (Å²) in [5.74, 6) is 0.517. The van der Waals surface area contributed by atoms with Gasteiger partial charge in [0.25, 0.3) is 0 Å². The van der Waals surface area contributed by atoms with Crippen LogP contribution in [0.15, 0.2) is 71.3 Å². The van der Waals surface area contributed by atoms with E-state index in [1.165, 1.54) is 18.2 Å². The van der Waals surface area contributed by atoms with E-state index >= 15 is 0 Å². The van der Waals surface area contributed by atoms with Crippen molar-refractivity contribution in [1.82, 2.24) is 10.3 Å². The Balaban J connectivity index is 1.60. The highest BCUT2D eigenvalue weighted by Gasteiger charge is 2.07. The van der Waals surface area contributed by atoms with Crippen LogP contribution in [0.4, 0.5) is 4.39 Å². The SMILES string of the molecule is CC(=CC(=O)NCc1ncc(-c2ccccc2)o1)c1ccc(F)cc1. The third-order valence-corrected chi connectivity index (χ3v) is 3.67. The number of rotatable bonds is 5. The minimum absolute atomic E-state index is 0.193. The lowest BCUT2D eigenvalue weighted by atomic mass is 10.1. The van der Waals surface area contributed by atoms with Crippen LogP contribution in [0, 0.1) is 5.82 Å². The van der Waals surface area contributed by atoms with E-state index in [1.54, 1.807) is 25.3 Å². The fourth-order valence-electron chi connectivity index (χ4n) is 2.33. The number of nitrogens with zero attached hydrogens (tertiary/aromatic N) is 1. The van der Waals surface area contributed by atoms with Crippen molar-refractivity contribution in [1.29, 1.82) is 0 Å². The Kier molecular flexibility index (Phi) is 5.04. The molecule has 1 heterocycles. The van der Waals surface area contributed by atoms with Crippen LogP contribution in [-0.2, 0) is 11.3 Å². The van der Waals surface area contributed by atoms with Crippen molar-refractivity contribution in [2.24, 2.45) is 0 Å². The Morgan fingerprint density at radius 2 is 1.88 bits per heavy atom. The number of amides is 1. The van der Waals surface area contributed by atoms with Crippen molar-refractivity contribution >= 4 is 11.5 Å². The molecule has 0 bridgehead atoms. The molecule has 1 amide bonds. The van der Waals surface area contributed by atoms with E-state index in [0.717, 1.165) is 16.7 Å². The summed E-state index contributed by atoms with van der Waals surface area (Å²) < 4.78 is 18.6. The van der Waals surface area contributed by atoms with Gasteiger partial charge in [-0.05, 0) is 30.2 Å². The lowest BCUT2D eigenvalue weighted by Crippen LogP contribution is -2.20. The van der Waals surface area contributed by atoms with Gasteiger partial charge < -0.3 is 9.73 Å². The average Bonchev–Trinajstić information content (AvgIpc) is 3.10. The summed E-state index contributed by atoms with van der Waals surface area (Å²) in [6.07, 6.45) is 3.10. The van der Waals surface area contributed by atoms with Crippen molar-refractivity contribution in [3.05, 3.63) is 84.1 Å². The maximum atomic E-state index is 12.9. The third kappa shape index (κ3) is 4.41. The molecule has 0 unspecified atom stereocenters. The normalized spacial score (nSPS) is 11.4. The van der Waals surface area contributed by atoms with E-state index in [-0.39, 0.29) is 18.3 Å². The van der Waals surface area contributed by atoms with Crippen LogP contribution in [-0.4, -0.2) is 10.9 Å². The molecule has 4 nitrogen and oxygen atoms in total. The summed E-state index contributed by atoms with van der Waals surface area (Å²) in [6, 6.07) is 15.6. The monoisotopic (exact) mass is 336 g/mol. The fraction of sp³-hybridized carbons (Fsp3) is 0.100. The zero-order chi connectivity index (χ0) is 17.6. The Morgan fingerprint density at radius 3 is 2.60 bits per heavy atom. The Labute approximate surface area is 145 Å². The zero-order valence-corrected chi connectivity index (χ0v) is 13.7. The number of halogens is 1. The first-order chi connectivity index (χ1) is 12.1. The first-order valence-electron chi connectivity index (χ1n) is 7.84. The third-order valence-electron chi connectivity index (χ3n) is 3.67. The highest BCUT2D eigenvalue weighted by atomic mass is 19.1. The molecule has 1 N–H and O–H groups in total. The second-order valence-electron chi connectivity index (χ2n) is 5.54. The van der Waals surface area contributed by atoms with Gasteiger partial charge in [0.1, 0.15) is 5.82 Å². The smallest absolute Gasteiger partial charge is 0.244 e. The largest absolute Gasteiger partial charge is 0.439 e. The van der Waals surface area contributed by atoms with Crippen molar-refractivity contribution in [2.45, 2.75) is 13.5 Å². The number of carbonyl (C=O) groups excluding carboxylic acids is 1. The Hall–Kier alpha value is -3.21. The summed E-state index contributed by atoms with van der Waals surface area (Å²) in [7, 11) is 0. The van der Waals surface area contributed by atoms with Crippen molar-refractivity contribution in [3.63, 3.8) is 0 Å². The number of hydrogen-bond acceptors (Lipinski definition) is 3. The van der Waals surface area contributed by atoms with Crippen LogP contribution in [0.2, 0.25) is 0 Å². The molecule has 3 rings (SSSR count). The summed E-state index contributed by atoms with van der Waals surface area (Å²) in [5, 5.41) is 2.73. The molecule has 0 aliphatic carbocycles. The molecule has 0 saturated heterocycles. The van der Waals surface area contributed by atoms with Gasteiger partial charge >= 0.3 is 0 Å². The fourth-order valence-corrected chi connectivity index (χ4v) is 2.33. The standard InChI is InChI=1S/C20H17FN2O2/c1-14(15-7-9-17(21)10-8-15)11-19(24)22-13-20-23-12-18(25-20)16-5-3-2-4-6-16/h2-12H,13H2,1H3,(H,22,24). The zero-order valence-electron chi connectivity index (χ0n) is 13.7. The number of benzene rings is 2. The minimum Gasteiger partial charge on any atom is -0.439 e. The van der Waals surface area contributed by atoms with Gasteiger partial charge in [-0.25, -0.2) is 9.37 Å². The Bertz CT molecular complexity index is 884. The maximum absolute atomic E-state index is 12.9. The first-order valence-corrected chi connectivity index (χ1v) is 7.84. The van der Waals surface area contributed by atoms with E-state index in [0.29, 0.717) is 11.7 Å². The molecule has 1 aromatic heterocycles. The van der Waals surface area contributed by atoms with Gasteiger partial charge in [-0.3, -0.25) is 4.79 Å². The highest BCUT2D eigenvalue weighted by molar-refractivity contribution is 5.94. The first kappa shape index (κ1) is 16.6. The van der Waals surface area contributed by atoms with Crippen LogP contribution in [0.1, 0.15) is 18.4 Å². The number of hydrogen-bond donors (Lipinski definition) is 1. The van der Waals surface area contributed by atoms with Gasteiger partial charge in [-0.15, -0.1) is 0 Å². The second-order valence-corrected chi connectivity index (χ2v) is 5.54. The number of aromatic nitrogens is 1. The molecule has 5 heteroatoms. The van der Waals surface area contributed by atoms with Gasteiger partial charge in [0.05, 0.1) is 12.7 Å². The van der Waals surface area contributed by atoms with Crippen LogP contribution < -0.4 is 5.32 Å². The predicted molar refractivity (Wildman–Crippen MR) is 93.8 cm³/mol. The molecule has 0 atom stereocenters. The summed E-state index contributed by atoms with van der Waals surface area (Å²) in [4.78, 5) is 16.2. The second kappa shape index (κ2) is 7.57. The summed E-state index contributed by atoms with van der Waals surface area (Å²) in [6.45, 7) is 1.99. The van der Waals surface area contributed by atoms with E-state index in [4.69, 9.17) is 4.42 Å². The van der Waals surface area contributed by atoms with E-state index in [9.17, 15) is 9.18 Å². The molecule has 0 aliphatic rings. The molecule has 0 saturated carbocycles. The molecular weight excluding hydrogens is 319 g/mol. The molecule has 0 aliphatic heterocycles. The number of carbonyl (C=O) groups is 1. The predicted octanol–water partition coefficient (Wildman–Crippen LogP) is 4.20. The number of oxazole rings is 1. The molecule has 3 aromatic rings. The van der Waals surface area contributed by atoms with Crippen molar-refractivity contribution < 1.29 is 13.6 Å². The quantitative estimate of drug-likeness (QED) is 0.711. The highest BCUT2D eigenvalue weighted by Crippen LogP contribution is 2.19.